The summed E-state index contributed by atoms with van der Waals surface area (Å²) < 4.78 is 0. The molecular weight excluding hydrogens is 192 g/mol. The van der Waals surface area contributed by atoms with Crippen LogP contribution in [-0.2, 0) is 0 Å². The zero-order valence-electron chi connectivity index (χ0n) is 12.6. The van der Waals surface area contributed by atoms with Crippen LogP contribution in [0.4, 0.5) is 0 Å². The molecule has 0 N–H and O–H groups in total. The van der Waals surface area contributed by atoms with Crippen LogP contribution < -0.4 is 0 Å². The van der Waals surface area contributed by atoms with Gasteiger partial charge in [-0.15, -0.1) is 0 Å². The Bertz CT molecular complexity index is 148. The van der Waals surface area contributed by atoms with E-state index in [9.17, 15) is 0 Å². The minimum absolute atomic E-state index is 0.860. The zero-order chi connectivity index (χ0) is 12.6. The zero-order valence-corrected chi connectivity index (χ0v) is 12.6. The molecule has 0 saturated heterocycles. The highest BCUT2D eigenvalue weighted by Crippen LogP contribution is 2.30. The van der Waals surface area contributed by atoms with Crippen LogP contribution in [0.25, 0.3) is 0 Å². The molecule has 0 aliphatic carbocycles. The van der Waals surface area contributed by atoms with E-state index in [4.69, 9.17) is 0 Å². The third kappa shape index (κ3) is 6.55. The summed E-state index contributed by atoms with van der Waals surface area (Å²) in [5.41, 5.74) is 0. The molecule has 0 aromatic carbocycles. The first kappa shape index (κ1) is 16.0. The maximum atomic E-state index is 2.46. The predicted octanol–water partition coefficient (Wildman–Crippen LogP) is 5.91. The van der Waals surface area contributed by atoms with Crippen LogP contribution >= 0.6 is 0 Å². The van der Waals surface area contributed by atoms with E-state index in [0.717, 1.165) is 23.7 Å². The Hall–Kier alpha value is 0. The Balaban J connectivity index is 3.94. The fourth-order valence-electron chi connectivity index (χ4n) is 2.85. The predicted molar refractivity (Wildman–Crippen MR) is 75.7 cm³/mol. The number of hydrogen-bond donors (Lipinski definition) is 0. The van der Waals surface area contributed by atoms with Crippen molar-refractivity contribution in [3.63, 3.8) is 0 Å². The molecule has 0 aliphatic rings. The van der Waals surface area contributed by atoms with Gasteiger partial charge in [0.05, 0.1) is 0 Å². The number of rotatable bonds is 9. The van der Waals surface area contributed by atoms with Crippen molar-refractivity contribution in [3.8, 4) is 0 Å². The first-order valence-corrected chi connectivity index (χ1v) is 7.52. The van der Waals surface area contributed by atoms with Crippen LogP contribution in [-0.4, -0.2) is 0 Å². The molecule has 98 valence electrons. The molecule has 0 aliphatic heterocycles. The van der Waals surface area contributed by atoms with Crippen molar-refractivity contribution in [2.75, 3.05) is 0 Å². The highest BCUT2D eigenvalue weighted by atomic mass is 14.2. The van der Waals surface area contributed by atoms with Gasteiger partial charge in [-0.1, -0.05) is 73.6 Å². The van der Waals surface area contributed by atoms with Crippen molar-refractivity contribution in [3.05, 3.63) is 0 Å². The molecule has 0 rings (SSSR count). The van der Waals surface area contributed by atoms with E-state index in [1.54, 1.807) is 0 Å². The largest absolute Gasteiger partial charge is 0.0654 e. The lowest BCUT2D eigenvalue weighted by atomic mass is 9.78. The van der Waals surface area contributed by atoms with E-state index in [1.165, 1.54) is 38.5 Å². The summed E-state index contributed by atoms with van der Waals surface area (Å²) in [6.45, 7) is 14.3. The maximum absolute atomic E-state index is 2.46. The summed E-state index contributed by atoms with van der Waals surface area (Å²) in [6, 6.07) is 0. The maximum Gasteiger partial charge on any atom is -0.0365 e. The van der Waals surface area contributed by atoms with Gasteiger partial charge in [0.15, 0.2) is 0 Å². The summed E-state index contributed by atoms with van der Waals surface area (Å²) in [7, 11) is 0. The molecular formula is C16H34. The van der Waals surface area contributed by atoms with E-state index in [1.807, 2.05) is 0 Å². The van der Waals surface area contributed by atoms with E-state index in [-0.39, 0.29) is 0 Å². The molecule has 0 heteroatoms. The molecule has 0 amide bonds. The molecule has 0 bridgehead atoms. The second-order valence-electron chi connectivity index (χ2n) is 6.12. The molecule has 0 nitrogen and oxygen atoms in total. The van der Waals surface area contributed by atoms with Crippen molar-refractivity contribution >= 4 is 0 Å². The first-order valence-electron chi connectivity index (χ1n) is 7.52. The van der Waals surface area contributed by atoms with Crippen LogP contribution in [0.3, 0.4) is 0 Å². The minimum atomic E-state index is 0.860. The molecule has 0 heterocycles. The fraction of sp³-hybridized carbons (Fsp3) is 1.00. The highest BCUT2D eigenvalue weighted by Gasteiger charge is 2.19. The monoisotopic (exact) mass is 226 g/mol. The third-order valence-corrected chi connectivity index (χ3v) is 4.26. The van der Waals surface area contributed by atoms with Gasteiger partial charge in [-0.05, 0) is 30.1 Å². The van der Waals surface area contributed by atoms with Gasteiger partial charge in [0.2, 0.25) is 0 Å². The van der Waals surface area contributed by atoms with Gasteiger partial charge in [-0.2, -0.15) is 0 Å². The van der Waals surface area contributed by atoms with Gasteiger partial charge in [0.1, 0.15) is 0 Å². The smallest absolute Gasteiger partial charge is 0.0365 e. The lowest BCUT2D eigenvalue weighted by molar-refractivity contribution is 0.229. The normalized spacial score (nSPS) is 17.4. The Morgan fingerprint density at radius 3 is 1.88 bits per heavy atom. The van der Waals surface area contributed by atoms with Crippen molar-refractivity contribution in [2.45, 2.75) is 80.1 Å². The average Bonchev–Trinajstić information content (AvgIpc) is 2.23. The van der Waals surface area contributed by atoms with Crippen LogP contribution in [0.5, 0.6) is 0 Å². The molecule has 0 aromatic rings. The van der Waals surface area contributed by atoms with E-state index < -0.39 is 0 Å². The summed E-state index contributed by atoms with van der Waals surface area (Å²) in [6.07, 6.45) is 8.41. The summed E-state index contributed by atoms with van der Waals surface area (Å²) in [4.78, 5) is 0. The molecule has 3 unspecified atom stereocenters. The molecule has 0 spiro atoms. The van der Waals surface area contributed by atoms with Crippen LogP contribution in [0.2, 0.25) is 0 Å². The molecule has 16 heavy (non-hydrogen) atoms. The molecule has 0 radical (unpaired) electrons. The molecule has 0 aromatic heterocycles. The van der Waals surface area contributed by atoms with E-state index in [2.05, 4.69) is 41.5 Å². The Kier molecular flexibility index (Phi) is 9.07. The Morgan fingerprint density at radius 2 is 1.44 bits per heavy atom. The Morgan fingerprint density at radius 1 is 0.812 bits per heavy atom. The van der Waals surface area contributed by atoms with Crippen LogP contribution in [0, 0.1) is 23.7 Å². The first-order chi connectivity index (χ1) is 7.52. The average molecular weight is 226 g/mol. The number of hydrogen-bond acceptors (Lipinski definition) is 0. The van der Waals surface area contributed by atoms with Crippen molar-refractivity contribution < 1.29 is 0 Å². The van der Waals surface area contributed by atoms with Gasteiger partial charge in [0.25, 0.3) is 0 Å². The third-order valence-electron chi connectivity index (χ3n) is 4.26. The van der Waals surface area contributed by atoms with Crippen molar-refractivity contribution in [2.24, 2.45) is 23.7 Å². The minimum Gasteiger partial charge on any atom is -0.0654 e. The Labute approximate surface area is 104 Å². The van der Waals surface area contributed by atoms with E-state index in [0.29, 0.717) is 0 Å². The van der Waals surface area contributed by atoms with Gasteiger partial charge in [0, 0.05) is 0 Å². The van der Waals surface area contributed by atoms with Gasteiger partial charge in [-0.3, -0.25) is 0 Å². The summed E-state index contributed by atoms with van der Waals surface area (Å²) in [5, 5.41) is 0. The standard InChI is InChI=1S/C16H34/c1-7-10-15(6)16(13(3)4)12-9-11-14(5)8-2/h13-16H,7-12H2,1-6H3. The second kappa shape index (κ2) is 9.07. The van der Waals surface area contributed by atoms with Crippen molar-refractivity contribution in [1.82, 2.24) is 0 Å². The fourth-order valence-corrected chi connectivity index (χ4v) is 2.85. The van der Waals surface area contributed by atoms with Crippen LogP contribution in [0.1, 0.15) is 80.1 Å². The lowest BCUT2D eigenvalue weighted by Gasteiger charge is -2.27. The highest BCUT2D eigenvalue weighted by molar-refractivity contribution is 4.70. The molecule has 3 atom stereocenters. The molecule has 0 saturated carbocycles. The second-order valence-corrected chi connectivity index (χ2v) is 6.12. The summed E-state index contributed by atoms with van der Waals surface area (Å²) in [5.74, 6) is 3.65. The van der Waals surface area contributed by atoms with Crippen LogP contribution in [0.15, 0.2) is 0 Å². The quantitative estimate of drug-likeness (QED) is 0.458. The molecule has 0 fully saturated rings. The van der Waals surface area contributed by atoms with Crippen molar-refractivity contribution in [1.29, 1.82) is 0 Å². The van der Waals surface area contributed by atoms with Gasteiger partial charge >= 0.3 is 0 Å². The lowest BCUT2D eigenvalue weighted by Crippen LogP contribution is -2.18. The summed E-state index contributed by atoms with van der Waals surface area (Å²) >= 11 is 0. The van der Waals surface area contributed by atoms with Gasteiger partial charge in [-0.25, -0.2) is 0 Å². The SMILES string of the molecule is CCCC(C)C(CCCC(C)CC)C(C)C. The van der Waals surface area contributed by atoms with E-state index >= 15 is 0 Å². The topological polar surface area (TPSA) is 0 Å². The van der Waals surface area contributed by atoms with Gasteiger partial charge < -0.3 is 0 Å².